The van der Waals surface area contributed by atoms with Crippen LogP contribution in [0.5, 0.6) is 5.75 Å². The third kappa shape index (κ3) is 4.50. The highest BCUT2D eigenvalue weighted by Gasteiger charge is 2.31. The number of ether oxygens (including phenoxy) is 1. The molecule has 0 atom stereocenters. The van der Waals surface area contributed by atoms with Crippen LogP contribution in [0.25, 0.3) is 11.3 Å². The summed E-state index contributed by atoms with van der Waals surface area (Å²) in [4.78, 5) is 2.32. The molecule has 1 saturated heterocycles. The first-order chi connectivity index (χ1) is 11.4. The number of nitrogens with zero attached hydrogens (tertiary/aromatic N) is 3. The van der Waals surface area contributed by atoms with E-state index in [4.69, 9.17) is 0 Å². The van der Waals surface area contributed by atoms with Crippen molar-refractivity contribution in [1.29, 1.82) is 0 Å². The van der Waals surface area contributed by atoms with Gasteiger partial charge in [-0.2, -0.15) is 5.10 Å². The molecule has 0 amide bonds. The molecule has 7 heteroatoms. The predicted molar refractivity (Wildman–Crippen MR) is 84.6 cm³/mol. The summed E-state index contributed by atoms with van der Waals surface area (Å²) >= 11 is 0. The van der Waals surface area contributed by atoms with Crippen LogP contribution in [0.15, 0.2) is 36.5 Å². The lowest BCUT2D eigenvalue weighted by Crippen LogP contribution is -2.31. The molecule has 0 bridgehead atoms. The minimum Gasteiger partial charge on any atom is -0.406 e. The number of alkyl halides is 3. The minimum absolute atomic E-state index is 0.232. The lowest BCUT2D eigenvalue weighted by atomic mass is 9.97. The van der Waals surface area contributed by atoms with Gasteiger partial charge in [-0.25, -0.2) is 0 Å². The maximum Gasteiger partial charge on any atom is 0.573 e. The smallest absolute Gasteiger partial charge is 0.406 e. The van der Waals surface area contributed by atoms with Gasteiger partial charge in [0.1, 0.15) is 5.75 Å². The van der Waals surface area contributed by atoms with Crippen molar-refractivity contribution in [2.45, 2.75) is 25.7 Å². The summed E-state index contributed by atoms with van der Waals surface area (Å²) < 4.78 is 42.8. The molecule has 3 rings (SSSR count). The fourth-order valence-corrected chi connectivity index (χ4v) is 2.98. The highest BCUT2D eigenvalue weighted by atomic mass is 19.4. The monoisotopic (exact) mass is 339 g/mol. The summed E-state index contributed by atoms with van der Waals surface area (Å²) in [6.45, 7) is 3.03. The van der Waals surface area contributed by atoms with Crippen LogP contribution in [0.3, 0.4) is 0 Å². The molecule has 0 radical (unpaired) electrons. The number of hydrogen-bond acceptors (Lipinski definition) is 3. The zero-order valence-corrected chi connectivity index (χ0v) is 13.5. The van der Waals surface area contributed by atoms with Crippen LogP contribution in [0, 0.1) is 5.92 Å². The fourth-order valence-electron chi connectivity index (χ4n) is 2.98. The largest absolute Gasteiger partial charge is 0.573 e. The van der Waals surface area contributed by atoms with Gasteiger partial charge in [0.2, 0.25) is 0 Å². The number of aromatic nitrogens is 2. The molecule has 0 saturated carbocycles. The van der Waals surface area contributed by atoms with E-state index in [1.54, 1.807) is 6.07 Å². The molecule has 1 aliphatic heterocycles. The zero-order chi connectivity index (χ0) is 17.2. The molecule has 130 valence electrons. The minimum atomic E-state index is -4.69. The van der Waals surface area contributed by atoms with Crippen molar-refractivity contribution in [3.05, 3.63) is 36.5 Å². The summed E-state index contributed by atoms with van der Waals surface area (Å²) in [5, 5.41) is 4.50. The fraction of sp³-hybridized carbons (Fsp3) is 0.471. The van der Waals surface area contributed by atoms with E-state index in [1.165, 1.54) is 18.2 Å². The van der Waals surface area contributed by atoms with Crippen LogP contribution in [-0.2, 0) is 6.54 Å². The second-order valence-electron chi connectivity index (χ2n) is 6.25. The number of benzene rings is 1. The molecule has 1 fully saturated rings. The Morgan fingerprint density at radius 1 is 1.21 bits per heavy atom. The average Bonchev–Trinajstić information content (AvgIpc) is 2.97. The third-order valence-electron chi connectivity index (χ3n) is 4.29. The topological polar surface area (TPSA) is 30.3 Å². The van der Waals surface area contributed by atoms with Crippen LogP contribution in [-0.4, -0.2) is 41.2 Å². The second-order valence-corrected chi connectivity index (χ2v) is 6.25. The van der Waals surface area contributed by atoms with Gasteiger partial charge in [0.25, 0.3) is 0 Å². The Hall–Kier alpha value is -2.02. The molecule has 4 nitrogen and oxygen atoms in total. The molecule has 0 N–H and O–H groups in total. The zero-order valence-electron chi connectivity index (χ0n) is 13.5. The van der Waals surface area contributed by atoms with Gasteiger partial charge in [-0.05, 0) is 57.1 Å². The van der Waals surface area contributed by atoms with Crippen molar-refractivity contribution in [1.82, 2.24) is 14.7 Å². The van der Waals surface area contributed by atoms with Crippen LogP contribution in [0.2, 0.25) is 0 Å². The molecule has 2 heterocycles. The van der Waals surface area contributed by atoms with Gasteiger partial charge < -0.3 is 9.64 Å². The van der Waals surface area contributed by atoms with E-state index in [2.05, 4.69) is 21.8 Å². The Bertz CT molecular complexity index is 676. The predicted octanol–water partition coefficient (Wildman–Crippen LogP) is 3.79. The van der Waals surface area contributed by atoms with E-state index in [1.807, 2.05) is 16.9 Å². The summed E-state index contributed by atoms with van der Waals surface area (Å²) in [5.74, 6) is 0.360. The lowest BCUT2D eigenvalue weighted by Gasteiger charge is -2.28. The highest BCUT2D eigenvalue weighted by Crippen LogP contribution is 2.27. The quantitative estimate of drug-likeness (QED) is 0.849. The van der Waals surface area contributed by atoms with Crippen molar-refractivity contribution in [2.75, 3.05) is 20.1 Å². The molecule has 0 unspecified atom stereocenters. The summed E-state index contributed by atoms with van der Waals surface area (Å²) in [7, 11) is 2.12. The van der Waals surface area contributed by atoms with Crippen LogP contribution in [0.4, 0.5) is 13.2 Å². The van der Waals surface area contributed by atoms with Gasteiger partial charge in [0, 0.05) is 18.3 Å². The molecular weight excluding hydrogens is 319 g/mol. The van der Waals surface area contributed by atoms with E-state index in [0.29, 0.717) is 17.2 Å². The van der Waals surface area contributed by atoms with E-state index < -0.39 is 6.36 Å². The van der Waals surface area contributed by atoms with Crippen molar-refractivity contribution >= 4 is 0 Å². The number of piperidine rings is 1. The third-order valence-corrected chi connectivity index (χ3v) is 4.29. The molecule has 24 heavy (non-hydrogen) atoms. The van der Waals surface area contributed by atoms with Crippen molar-refractivity contribution < 1.29 is 17.9 Å². The molecule has 0 spiro atoms. The van der Waals surface area contributed by atoms with Gasteiger partial charge in [0.05, 0.1) is 5.69 Å². The first kappa shape index (κ1) is 16.8. The number of halogens is 3. The first-order valence-electron chi connectivity index (χ1n) is 7.97. The Morgan fingerprint density at radius 2 is 1.96 bits per heavy atom. The van der Waals surface area contributed by atoms with Crippen molar-refractivity contribution in [3.8, 4) is 17.0 Å². The number of rotatable bonds is 4. The van der Waals surface area contributed by atoms with E-state index in [0.717, 1.165) is 32.5 Å². The molecular formula is C17H20F3N3O. The molecule has 1 aliphatic rings. The Balaban J connectivity index is 1.68. The number of likely N-dealkylation sites (tertiary alicyclic amines) is 1. The first-order valence-corrected chi connectivity index (χ1v) is 7.97. The van der Waals surface area contributed by atoms with Gasteiger partial charge in [0.15, 0.2) is 0 Å². The maximum absolute atomic E-state index is 12.3. The van der Waals surface area contributed by atoms with Crippen LogP contribution < -0.4 is 4.74 Å². The van der Waals surface area contributed by atoms with E-state index in [9.17, 15) is 13.2 Å². The van der Waals surface area contributed by atoms with Gasteiger partial charge in [-0.1, -0.05) is 12.1 Å². The summed E-state index contributed by atoms with van der Waals surface area (Å²) in [5.41, 5.74) is 1.26. The second kappa shape index (κ2) is 6.84. The van der Waals surface area contributed by atoms with E-state index in [-0.39, 0.29) is 5.75 Å². The molecule has 2 aromatic rings. The van der Waals surface area contributed by atoms with Gasteiger partial charge >= 0.3 is 6.36 Å². The molecule has 1 aromatic heterocycles. The van der Waals surface area contributed by atoms with Crippen LogP contribution >= 0.6 is 0 Å². The molecule has 0 aliphatic carbocycles. The van der Waals surface area contributed by atoms with Gasteiger partial charge in [-0.15, -0.1) is 13.2 Å². The SMILES string of the molecule is CN1CCC(Cn2ccc(-c3cccc(OC(F)(F)F)c3)n2)CC1. The Labute approximate surface area is 138 Å². The highest BCUT2D eigenvalue weighted by molar-refractivity contribution is 5.60. The van der Waals surface area contributed by atoms with E-state index >= 15 is 0 Å². The van der Waals surface area contributed by atoms with Crippen molar-refractivity contribution in [2.24, 2.45) is 5.92 Å². The van der Waals surface area contributed by atoms with Gasteiger partial charge in [-0.3, -0.25) is 4.68 Å². The summed E-state index contributed by atoms with van der Waals surface area (Å²) in [6, 6.07) is 7.72. The Morgan fingerprint density at radius 3 is 2.67 bits per heavy atom. The average molecular weight is 339 g/mol. The normalized spacial score (nSPS) is 17.2. The maximum atomic E-state index is 12.3. The summed E-state index contributed by atoms with van der Waals surface area (Å²) in [6.07, 6.45) is -0.529. The lowest BCUT2D eigenvalue weighted by molar-refractivity contribution is -0.274. The van der Waals surface area contributed by atoms with Crippen LogP contribution in [0.1, 0.15) is 12.8 Å². The van der Waals surface area contributed by atoms with Crippen molar-refractivity contribution in [3.63, 3.8) is 0 Å². The Kier molecular flexibility index (Phi) is 4.80. The number of hydrogen-bond donors (Lipinski definition) is 0. The molecule has 1 aromatic carbocycles. The standard InChI is InChI=1S/C17H20F3N3O/c1-22-8-5-13(6-9-22)12-23-10-7-16(21-23)14-3-2-4-15(11-14)24-17(18,19)20/h2-4,7,10-11,13H,5-6,8-9,12H2,1H3.